The summed E-state index contributed by atoms with van der Waals surface area (Å²) in [6.45, 7) is 4.56. The van der Waals surface area contributed by atoms with Gasteiger partial charge in [-0.1, -0.05) is 6.92 Å². The smallest absolute Gasteiger partial charge is 0.244 e. The topological polar surface area (TPSA) is 62.5 Å². The molecule has 1 unspecified atom stereocenters. The molecule has 0 radical (unpaired) electrons. The molecule has 0 aliphatic carbocycles. The monoisotopic (exact) mass is 237 g/mol. The number of aliphatic hydroxyl groups is 1. The van der Waals surface area contributed by atoms with Gasteiger partial charge in [-0.15, -0.1) is 0 Å². The zero-order valence-corrected chi connectivity index (χ0v) is 10.3. The fraction of sp³-hybridized carbons (Fsp3) is 0.462. The van der Waals surface area contributed by atoms with Gasteiger partial charge in [0.25, 0.3) is 0 Å². The van der Waals surface area contributed by atoms with E-state index in [1.807, 2.05) is 26.0 Å². The fourth-order valence-electron chi connectivity index (χ4n) is 1.36. The first kappa shape index (κ1) is 13.5. The lowest BCUT2D eigenvalue weighted by Crippen LogP contribution is -2.26. The van der Waals surface area contributed by atoms with Crippen molar-refractivity contribution in [3.63, 3.8) is 0 Å². The van der Waals surface area contributed by atoms with Gasteiger partial charge in [0.1, 0.15) is 11.5 Å². The molecular weight excluding hydrogens is 218 g/mol. The predicted octanol–water partition coefficient (Wildman–Crippen LogP) is 1.74. The molecule has 0 aliphatic rings. The van der Waals surface area contributed by atoms with Gasteiger partial charge in [0.15, 0.2) is 0 Å². The van der Waals surface area contributed by atoms with E-state index in [1.54, 1.807) is 6.08 Å². The minimum absolute atomic E-state index is 0.149. The van der Waals surface area contributed by atoms with E-state index in [1.165, 1.54) is 6.08 Å². The van der Waals surface area contributed by atoms with Gasteiger partial charge >= 0.3 is 0 Å². The lowest BCUT2D eigenvalue weighted by Gasteiger charge is -2.09. The zero-order chi connectivity index (χ0) is 12.7. The predicted molar refractivity (Wildman–Crippen MR) is 66.4 cm³/mol. The quantitative estimate of drug-likeness (QED) is 0.741. The van der Waals surface area contributed by atoms with E-state index < -0.39 is 0 Å². The second-order valence-electron chi connectivity index (χ2n) is 4.14. The summed E-state index contributed by atoms with van der Waals surface area (Å²) < 4.78 is 5.30. The van der Waals surface area contributed by atoms with Crippen LogP contribution < -0.4 is 5.32 Å². The number of furan rings is 1. The van der Waals surface area contributed by atoms with Crippen LogP contribution in [0.25, 0.3) is 6.08 Å². The van der Waals surface area contributed by atoms with E-state index in [2.05, 4.69) is 5.32 Å². The van der Waals surface area contributed by atoms with Crippen molar-refractivity contribution in [1.82, 2.24) is 5.32 Å². The second-order valence-corrected chi connectivity index (χ2v) is 4.14. The standard InChI is InChI=1S/C13H19NO3/c1-10(7-8-15)9-14-13(16)6-5-12-4-3-11(2)17-12/h3-6,10,15H,7-9H2,1-2H3,(H,14,16). The molecule has 0 saturated carbocycles. The van der Waals surface area contributed by atoms with Gasteiger partial charge < -0.3 is 14.8 Å². The SMILES string of the molecule is Cc1ccc(C=CC(=O)NCC(C)CCO)o1. The van der Waals surface area contributed by atoms with E-state index in [-0.39, 0.29) is 18.4 Å². The first-order valence-corrected chi connectivity index (χ1v) is 5.75. The number of hydrogen-bond acceptors (Lipinski definition) is 3. The first-order valence-electron chi connectivity index (χ1n) is 5.75. The van der Waals surface area contributed by atoms with Crippen LogP contribution in [0.1, 0.15) is 24.9 Å². The summed E-state index contributed by atoms with van der Waals surface area (Å²) in [4.78, 5) is 11.4. The maximum Gasteiger partial charge on any atom is 0.244 e. The number of nitrogens with one attached hydrogen (secondary N) is 1. The molecule has 1 aromatic rings. The zero-order valence-electron chi connectivity index (χ0n) is 10.3. The van der Waals surface area contributed by atoms with Crippen LogP contribution in [-0.2, 0) is 4.79 Å². The number of hydrogen-bond donors (Lipinski definition) is 2. The molecule has 0 aromatic carbocycles. The number of aryl methyl sites for hydroxylation is 1. The van der Waals surface area contributed by atoms with E-state index in [4.69, 9.17) is 9.52 Å². The Hall–Kier alpha value is -1.55. The molecule has 2 N–H and O–H groups in total. The number of amides is 1. The number of rotatable bonds is 6. The van der Waals surface area contributed by atoms with Gasteiger partial charge in [-0.05, 0) is 37.5 Å². The van der Waals surface area contributed by atoms with Crippen LogP contribution in [0, 0.1) is 12.8 Å². The lowest BCUT2D eigenvalue weighted by atomic mass is 10.1. The highest BCUT2D eigenvalue weighted by atomic mass is 16.3. The molecule has 1 aromatic heterocycles. The van der Waals surface area contributed by atoms with Crippen molar-refractivity contribution >= 4 is 12.0 Å². The van der Waals surface area contributed by atoms with Crippen LogP contribution in [0.4, 0.5) is 0 Å². The Bertz CT molecular complexity index is 382. The minimum Gasteiger partial charge on any atom is -0.462 e. The highest BCUT2D eigenvalue weighted by Crippen LogP contribution is 2.07. The van der Waals surface area contributed by atoms with Gasteiger partial charge in [0.2, 0.25) is 5.91 Å². The summed E-state index contributed by atoms with van der Waals surface area (Å²) >= 11 is 0. The Labute approximate surface area is 101 Å². The van der Waals surface area contributed by atoms with Crippen molar-refractivity contribution in [3.8, 4) is 0 Å². The van der Waals surface area contributed by atoms with Crippen LogP contribution in [0.3, 0.4) is 0 Å². The molecule has 0 bridgehead atoms. The summed E-state index contributed by atoms with van der Waals surface area (Å²) in [6.07, 6.45) is 3.78. The fourth-order valence-corrected chi connectivity index (χ4v) is 1.36. The van der Waals surface area contributed by atoms with E-state index in [0.29, 0.717) is 18.7 Å². The van der Waals surface area contributed by atoms with E-state index in [0.717, 1.165) is 5.76 Å². The molecule has 1 amide bonds. The summed E-state index contributed by atoms with van der Waals surface area (Å²) in [5, 5.41) is 11.5. The highest BCUT2D eigenvalue weighted by Gasteiger charge is 2.02. The Kier molecular flexibility index (Phi) is 5.49. The lowest BCUT2D eigenvalue weighted by molar-refractivity contribution is -0.116. The maximum absolute atomic E-state index is 11.4. The van der Waals surface area contributed by atoms with Crippen LogP contribution in [-0.4, -0.2) is 24.2 Å². The van der Waals surface area contributed by atoms with Crippen molar-refractivity contribution in [2.24, 2.45) is 5.92 Å². The normalized spacial score (nSPS) is 12.9. The van der Waals surface area contributed by atoms with Crippen LogP contribution in [0.5, 0.6) is 0 Å². The van der Waals surface area contributed by atoms with E-state index in [9.17, 15) is 4.79 Å². The molecule has 1 rings (SSSR count). The van der Waals surface area contributed by atoms with Gasteiger partial charge in [0.05, 0.1) is 0 Å². The third-order valence-electron chi connectivity index (χ3n) is 2.41. The van der Waals surface area contributed by atoms with Crippen molar-refractivity contribution in [1.29, 1.82) is 0 Å². The number of carbonyl (C=O) groups is 1. The van der Waals surface area contributed by atoms with Gasteiger partial charge in [-0.2, -0.15) is 0 Å². The van der Waals surface area contributed by atoms with Gasteiger partial charge in [-0.3, -0.25) is 4.79 Å². The number of carbonyl (C=O) groups excluding carboxylic acids is 1. The Balaban J connectivity index is 2.32. The summed E-state index contributed by atoms with van der Waals surface area (Å²) in [7, 11) is 0. The molecular formula is C13H19NO3. The first-order chi connectivity index (χ1) is 8.11. The van der Waals surface area contributed by atoms with Crippen LogP contribution >= 0.6 is 0 Å². The van der Waals surface area contributed by atoms with Crippen LogP contribution in [0.2, 0.25) is 0 Å². The maximum atomic E-state index is 11.4. The van der Waals surface area contributed by atoms with Crippen molar-refractivity contribution in [2.45, 2.75) is 20.3 Å². The van der Waals surface area contributed by atoms with Crippen molar-refractivity contribution in [3.05, 3.63) is 29.7 Å². The Morgan fingerprint density at radius 2 is 2.35 bits per heavy atom. The molecule has 17 heavy (non-hydrogen) atoms. The van der Waals surface area contributed by atoms with Crippen LogP contribution in [0.15, 0.2) is 22.6 Å². The molecule has 1 atom stereocenters. The Morgan fingerprint density at radius 3 is 2.94 bits per heavy atom. The molecule has 0 fully saturated rings. The summed E-state index contributed by atoms with van der Waals surface area (Å²) in [6, 6.07) is 3.66. The largest absolute Gasteiger partial charge is 0.462 e. The third kappa shape index (κ3) is 5.36. The molecule has 4 heteroatoms. The molecule has 4 nitrogen and oxygen atoms in total. The molecule has 1 heterocycles. The van der Waals surface area contributed by atoms with E-state index >= 15 is 0 Å². The minimum atomic E-state index is -0.149. The molecule has 94 valence electrons. The molecule has 0 spiro atoms. The summed E-state index contributed by atoms with van der Waals surface area (Å²) in [5.74, 6) is 1.62. The molecule has 0 aliphatic heterocycles. The highest BCUT2D eigenvalue weighted by molar-refractivity contribution is 5.91. The summed E-state index contributed by atoms with van der Waals surface area (Å²) in [5.41, 5.74) is 0. The average Bonchev–Trinajstić information content (AvgIpc) is 2.70. The number of aliphatic hydroxyl groups excluding tert-OH is 1. The molecule has 0 saturated heterocycles. The van der Waals surface area contributed by atoms with Crippen molar-refractivity contribution in [2.75, 3.05) is 13.2 Å². The van der Waals surface area contributed by atoms with Gasteiger partial charge in [-0.25, -0.2) is 0 Å². The van der Waals surface area contributed by atoms with Gasteiger partial charge in [0, 0.05) is 19.2 Å². The second kappa shape index (κ2) is 6.91. The van der Waals surface area contributed by atoms with Crippen molar-refractivity contribution < 1.29 is 14.3 Å². The third-order valence-corrected chi connectivity index (χ3v) is 2.41. The average molecular weight is 237 g/mol. The Morgan fingerprint density at radius 1 is 1.59 bits per heavy atom.